The van der Waals surface area contributed by atoms with Gasteiger partial charge in [0.2, 0.25) is 11.9 Å². The van der Waals surface area contributed by atoms with Gasteiger partial charge in [-0.2, -0.15) is 31.8 Å². The summed E-state index contributed by atoms with van der Waals surface area (Å²) in [6.45, 7) is 0. The highest BCUT2D eigenvalue weighted by Gasteiger charge is 2.28. The van der Waals surface area contributed by atoms with Gasteiger partial charge in [0.1, 0.15) is 16.3 Å². The molecule has 1 aromatic heterocycles. The first-order valence-corrected chi connectivity index (χ1v) is 22.6. The largest absolute Gasteiger partial charge is 0.505 e. The molecule has 0 unspecified atom stereocenters. The van der Waals surface area contributed by atoms with Crippen LogP contribution in [0.25, 0.3) is 32.3 Å². The summed E-state index contributed by atoms with van der Waals surface area (Å²) in [5.41, 5.74) is -0.698. The lowest BCUT2D eigenvalue weighted by Crippen LogP contribution is -2.06. The minimum Gasteiger partial charge on any atom is -0.505 e. The maximum atomic E-state index is 13.3. The molecule has 336 valence electrons. The lowest BCUT2D eigenvalue weighted by atomic mass is 10.0. The second-order valence-electron chi connectivity index (χ2n) is 13.3. The van der Waals surface area contributed by atoms with E-state index < -0.39 is 64.8 Å². The second kappa shape index (κ2) is 19.2. The van der Waals surface area contributed by atoms with Crippen molar-refractivity contribution in [1.29, 1.82) is 0 Å². The normalized spacial score (nSPS) is 12.2. The summed E-state index contributed by atoms with van der Waals surface area (Å²) in [6, 6.07) is 28.5. The van der Waals surface area contributed by atoms with Gasteiger partial charge >= 0.3 is 6.01 Å². The molecule has 0 atom stereocenters. The summed E-state index contributed by atoms with van der Waals surface area (Å²) in [7, 11) is -9.88. The minimum atomic E-state index is -5.21. The number of hydrogen-bond donors (Lipinski definition) is 8. The summed E-state index contributed by atoms with van der Waals surface area (Å²) < 4.78 is 80.1. The number of nitrogens with zero attached hydrogens (tertiary/aromatic N) is 7. The van der Waals surface area contributed by atoms with Crippen molar-refractivity contribution in [3.63, 3.8) is 0 Å². The van der Waals surface area contributed by atoms with E-state index in [4.69, 9.17) is 10.5 Å². The van der Waals surface area contributed by atoms with E-state index in [2.05, 4.69) is 64.8 Å². The van der Waals surface area contributed by atoms with E-state index in [9.17, 15) is 36.2 Å². The molecule has 0 aliphatic heterocycles. The number of azo groups is 2. The topological polar surface area (TPSA) is 339 Å². The molecule has 0 saturated heterocycles. The highest BCUT2D eigenvalue weighted by molar-refractivity contribution is 7.95. The Balaban J connectivity index is 1.39. The van der Waals surface area contributed by atoms with Gasteiger partial charge < -0.3 is 20.8 Å². The number of phenolic OH excluding ortho intramolecular Hbond substituents is 1. The molecule has 0 amide bonds. The summed E-state index contributed by atoms with van der Waals surface area (Å²) in [4.78, 5) is 10.8. The fourth-order valence-corrected chi connectivity index (χ4v) is 8.62. The van der Waals surface area contributed by atoms with Crippen LogP contribution in [0, 0.1) is 0 Å². The fraction of sp³-hybridized carbons (Fsp3) is 0. The van der Waals surface area contributed by atoms with Crippen LogP contribution in [-0.2, 0) is 39.0 Å². The molecule has 8 N–H and O–H groups in total. The van der Waals surface area contributed by atoms with Crippen LogP contribution < -0.4 is 10.6 Å². The van der Waals surface area contributed by atoms with Gasteiger partial charge in [0.15, 0.2) is 5.75 Å². The zero-order chi connectivity index (χ0) is 46.6. The lowest BCUT2D eigenvalue weighted by molar-refractivity contribution is -0.432. The number of benzene rings is 7. The Labute approximate surface area is 379 Å². The summed E-state index contributed by atoms with van der Waals surface area (Å²) >= 11 is 0.755. The number of hydrogen-bond acceptors (Lipinski definition) is 23. The van der Waals surface area contributed by atoms with Crippen molar-refractivity contribution in [3.8, 4) is 11.8 Å². The van der Waals surface area contributed by atoms with Crippen LogP contribution in [0.3, 0.4) is 0 Å². The van der Waals surface area contributed by atoms with Crippen molar-refractivity contribution in [2.45, 2.75) is 19.6 Å². The van der Waals surface area contributed by atoms with Gasteiger partial charge in [-0.05, 0) is 70.8 Å². The van der Waals surface area contributed by atoms with Crippen LogP contribution in [-0.4, -0.2) is 61.6 Å². The number of para-hydroxylation sites is 1. The second-order valence-corrected chi connectivity index (χ2v) is 17.6. The Morgan fingerprint density at radius 3 is 1.98 bits per heavy atom. The predicted molar refractivity (Wildman–Crippen MR) is 237 cm³/mol. The third-order valence-corrected chi connectivity index (χ3v) is 12.1. The van der Waals surface area contributed by atoms with Gasteiger partial charge in [-0.25, -0.2) is 10.5 Å². The number of anilines is 4. The average molecular weight is 974 g/mol. The van der Waals surface area contributed by atoms with Crippen molar-refractivity contribution in [2.75, 3.05) is 10.6 Å². The third-order valence-electron chi connectivity index (χ3n) is 9.22. The molecule has 27 heteroatoms. The molecule has 7 aromatic carbocycles. The number of fused-ring (bicyclic) bond motifs is 3. The standard InChI is InChI=1S/C39H27N9O14S4/c49-36-32-22(17-30(64-62-60-52)33(36)47-46-29-19-24(63-61-59-51)15-21-16-25(65(53,54)55)13-14-27(21)29)18-31(66(56,57)58)34(48-45-28-12-6-8-20-7-4-5-11-26(20)28)35(32)41-38-42-37(43-39(50)44-38)40-23-9-2-1-3-10-23/h1-19,49,51-52H,(H,53,54,55)(H,56,57,58)(H3,40,41,42,43,44,50). The smallest absolute Gasteiger partial charge is 0.320 e. The average Bonchev–Trinajstić information content (AvgIpc) is 3.28. The van der Waals surface area contributed by atoms with Crippen LogP contribution in [0.5, 0.6) is 11.8 Å². The fourth-order valence-electron chi connectivity index (χ4n) is 6.50. The molecule has 8 aromatic rings. The van der Waals surface area contributed by atoms with Crippen molar-refractivity contribution < 1.29 is 65.4 Å². The molecule has 8 rings (SSSR count). The zero-order valence-corrected chi connectivity index (χ0v) is 35.9. The Hall–Kier alpha value is -6.99. The van der Waals surface area contributed by atoms with Gasteiger partial charge in [-0.3, -0.25) is 9.11 Å². The van der Waals surface area contributed by atoms with Gasteiger partial charge in [0.05, 0.1) is 56.3 Å². The quantitative estimate of drug-likeness (QED) is 0.0147. The maximum absolute atomic E-state index is 13.3. The number of phenols is 1. The molecule has 0 spiro atoms. The third kappa shape index (κ3) is 10.1. The molecule has 1 heterocycles. The maximum Gasteiger partial charge on any atom is 0.320 e. The van der Waals surface area contributed by atoms with Gasteiger partial charge in [-0.15, -0.1) is 29.1 Å². The highest BCUT2D eigenvalue weighted by Crippen LogP contribution is 2.52. The molecule has 66 heavy (non-hydrogen) atoms. The molecular weight excluding hydrogens is 947 g/mol. The summed E-state index contributed by atoms with van der Waals surface area (Å²) in [5, 5.41) is 72.6. The van der Waals surface area contributed by atoms with E-state index in [-0.39, 0.29) is 60.7 Å². The molecule has 0 bridgehead atoms. The monoisotopic (exact) mass is 973 g/mol. The van der Waals surface area contributed by atoms with Crippen LogP contribution in [0.4, 0.5) is 46.0 Å². The molecule has 0 radical (unpaired) electrons. The first kappa shape index (κ1) is 45.6. The van der Waals surface area contributed by atoms with Crippen LogP contribution in [0.15, 0.2) is 155 Å². The van der Waals surface area contributed by atoms with Gasteiger partial charge in [0.25, 0.3) is 20.2 Å². The molecule has 0 aliphatic carbocycles. The molecule has 0 aliphatic rings. The number of aromatic nitrogens is 3. The molecule has 23 nitrogen and oxygen atoms in total. The lowest BCUT2D eigenvalue weighted by Gasteiger charge is -2.17. The first-order valence-electron chi connectivity index (χ1n) is 18.2. The Morgan fingerprint density at radius 1 is 0.576 bits per heavy atom. The van der Waals surface area contributed by atoms with E-state index in [0.29, 0.717) is 23.1 Å². The van der Waals surface area contributed by atoms with Crippen molar-refractivity contribution in [2.24, 2.45) is 20.5 Å². The molecule has 0 fully saturated rings. The number of aromatic hydroxyl groups is 2. The van der Waals surface area contributed by atoms with Crippen molar-refractivity contribution >= 4 is 123 Å². The number of rotatable bonds is 16. The van der Waals surface area contributed by atoms with E-state index in [1.54, 1.807) is 60.7 Å². The van der Waals surface area contributed by atoms with Gasteiger partial charge in [0, 0.05) is 21.4 Å². The predicted octanol–water partition coefficient (Wildman–Crippen LogP) is 10.4. The minimum absolute atomic E-state index is 0.0167. The van der Waals surface area contributed by atoms with E-state index in [1.165, 1.54) is 24.3 Å². The first-order chi connectivity index (χ1) is 31.7. The molecular formula is C39H27N9O14S4. The zero-order valence-electron chi connectivity index (χ0n) is 32.7. The number of nitrogens with one attached hydrogen (secondary N) is 2. The SMILES string of the molecule is O=S(=O)(O)c1ccc2c(N=Nc3c(SOOO)cc4cc(S(=O)(=O)O)c(N=Nc5cccc6ccccc56)c(Nc5nc(O)nc(Nc6ccccc6)n5)c4c3O)cc(SOOO)cc2c1. The van der Waals surface area contributed by atoms with E-state index >= 15 is 0 Å². The highest BCUT2D eigenvalue weighted by atomic mass is 32.2. The van der Waals surface area contributed by atoms with Gasteiger partial charge in [-0.1, -0.05) is 70.7 Å². The Kier molecular flexibility index (Phi) is 13.3. The Morgan fingerprint density at radius 2 is 1.24 bits per heavy atom. The van der Waals surface area contributed by atoms with Crippen LogP contribution in [0.1, 0.15) is 0 Å². The van der Waals surface area contributed by atoms with Crippen molar-refractivity contribution in [3.05, 3.63) is 115 Å². The van der Waals surface area contributed by atoms with E-state index in [1.807, 2.05) is 12.1 Å². The summed E-state index contributed by atoms with van der Waals surface area (Å²) in [6.07, 6.45) is 0. The van der Waals surface area contributed by atoms with Crippen molar-refractivity contribution in [1.82, 2.24) is 15.0 Å². The molecule has 0 saturated carbocycles. The van der Waals surface area contributed by atoms with Crippen LogP contribution >= 0.6 is 24.1 Å². The van der Waals surface area contributed by atoms with E-state index in [0.717, 1.165) is 23.6 Å². The summed E-state index contributed by atoms with van der Waals surface area (Å²) in [5.74, 6) is -1.41. The Bertz CT molecular complexity index is 3460. The van der Waals surface area contributed by atoms with Crippen LogP contribution in [0.2, 0.25) is 0 Å².